The van der Waals surface area contributed by atoms with Crippen LogP contribution in [-0.2, 0) is 28.6 Å². The van der Waals surface area contributed by atoms with Crippen LogP contribution in [0.15, 0.2) is 109 Å². The standard InChI is InChI=1S/C63H104O6/c1-4-7-10-13-16-19-22-25-27-29-31-33-35-38-41-44-47-50-53-56-62(65)68-59-60(58-67-61(64)55-52-49-46-43-40-37-24-21-18-15-12-9-6-3)69-63(66)57-54-51-48-45-42-39-36-34-32-30-28-26-23-20-17-14-11-8-5-2/h7,10,16-17,19-20,23,25-27,31,33,37-38,40-41,46,49,60H,4-6,8-9,11-15,18,21-22,24,28-30,32,34-36,39,42-45,47-48,50-59H2,1-3H3/b10-7+,19-16+,20-17+,26-23+,27-25+,33-31+,40-37+,41-38+,49-46+. The van der Waals surface area contributed by atoms with Crippen LogP contribution in [0, 0.1) is 0 Å². The second kappa shape index (κ2) is 56.7. The molecule has 0 rings (SSSR count). The third-order valence-corrected chi connectivity index (χ3v) is 11.8. The molecule has 0 fully saturated rings. The largest absolute Gasteiger partial charge is 0.462 e. The Bertz CT molecular complexity index is 1420. The molecule has 0 aromatic heterocycles. The Morgan fingerprint density at radius 2 is 0.638 bits per heavy atom. The van der Waals surface area contributed by atoms with E-state index >= 15 is 0 Å². The van der Waals surface area contributed by atoms with Crippen LogP contribution in [0.5, 0.6) is 0 Å². The van der Waals surface area contributed by atoms with Crippen molar-refractivity contribution in [1.82, 2.24) is 0 Å². The van der Waals surface area contributed by atoms with Crippen molar-refractivity contribution in [3.05, 3.63) is 109 Å². The van der Waals surface area contributed by atoms with Gasteiger partial charge in [-0.2, -0.15) is 0 Å². The molecule has 69 heavy (non-hydrogen) atoms. The number of allylic oxidation sites excluding steroid dienone is 18. The van der Waals surface area contributed by atoms with Crippen LogP contribution in [0.25, 0.3) is 0 Å². The van der Waals surface area contributed by atoms with Crippen molar-refractivity contribution in [3.63, 3.8) is 0 Å². The van der Waals surface area contributed by atoms with Crippen molar-refractivity contribution < 1.29 is 28.6 Å². The summed E-state index contributed by atoms with van der Waals surface area (Å²) in [6, 6.07) is 0. The summed E-state index contributed by atoms with van der Waals surface area (Å²) in [6.45, 7) is 6.41. The molecule has 6 heteroatoms. The Hall–Kier alpha value is -3.93. The van der Waals surface area contributed by atoms with Gasteiger partial charge in [-0.1, -0.05) is 233 Å². The van der Waals surface area contributed by atoms with E-state index in [0.717, 1.165) is 89.9 Å². The summed E-state index contributed by atoms with van der Waals surface area (Å²) >= 11 is 0. The highest BCUT2D eigenvalue weighted by Gasteiger charge is 2.19. The topological polar surface area (TPSA) is 78.9 Å². The SMILES string of the molecule is CC/C=C/C/C=C/C/C=C/C/C=C/C/C=C/CCCCCC(=O)OCC(COC(=O)CC/C=C/C/C=C/CCCCCCCC)OC(=O)CCCCCCCCCCCC/C=C/C=C/CCCCC. The molecule has 0 saturated carbocycles. The molecule has 0 spiro atoms. The van der Waals surface area contributed by atoms with Gasteiger partial charge in [-0.3, -0.25) is 14.4 Å². The number of hydrogen-bond acceptors (Lipinski definition) is 6. The summed E-state index contributed by atoms with van der Waals surface area (Å²) in [4.78, 5) is 38.1. The maximum atomic E-state index is 12.9. The summed E-state index contributed by atoms with van der Waals surface area (Å²) < 4.78 is 16.8. The highest BCUT2D eigenvalue weighted by molar-refractivity contribution is 5.71. The third kappa shape index (κ3) is 54.9. The van der Waals surface area contributed by atoms with Gasteiger partial charge < -0.3 is 14.2 Å². The van der Waals surface area contributed by atoms with Crippen molar-refractivity contribution in [2.24, 2.45) is 0 Å². The van der Waals surface area contributed by atoms with Crippen molar-refractivity contribution in [2.45, 2.75) is 258 Å². The lowest BCUT2D eigenvalue weighted by atomic mass is 10.1. The molecule has 0 heterocycles. The minimum absolute atomic E-state index is 0.115. The zero-order chi connectivity index (χ0) is 50.0. The van der Waals surface area contributed by atoms with Gasteiger partial charge in [0.2, 0.25) is 0 Å². The second-order valence-corrected chi connectivity index (χ2v) is 18.5. The molecule has 392 valence electrons. The maximum Gasteiger partial charge on any atom is 0.306 e. The van der Waals surface area contributed by atoms with Crippen LogP contribution in [0.4, 0.5) is 0 Å². The van der Waals surface area contributed by atoms with Gasteiger partial charge in [0.05, 0.1) is 0 Å². The molecule has 6 nitrogen and oxygen atoms in total. The first kappa shape index (κ1) is 65.1. The molecular formula is C63H104O6. The molecule has 0 aliphatic heterocycles. The molecule has 0 aromatic rings. The highest BCUT2D eigenvalue weighted by Crippen LogP contribution is 2.14. The second-order valence-electron chi connectivity index (χ2n) is 18.5. The summed E-state index contributed by atoms with van der Waals surface area (Å²) in [5.74, 6) is -1.02. The number of ether oxygens (including phenoxy) is 3. The zero-order valence-electron chi connectivity index (χ0n) is 44.8. The van der Waals surface area contributed by atoms with Gasteiger partial charge in [0.25, 0.3) is 0 Å². The predicted molar refractivity (Wildman–Crippen MR) is 297 cm³/mol. The molecule has 0 bridgehead atoms. The predicted octanol–water partition coefficient (Wildman–Crippen LogP) is 19.1. The molecule has 1 atom stereocenters. The molecule has 0 aliphatic carbocycles. The van der Waals surface area contributed by atoms with Crippen molar-refractivity contribution >= 4 is 17.9 Å². The third-order valence-electron chi connectivity index (χ3n) is 11.8. The number of esters is 3. The molecule has 0 amide bonds. The van der Waals surface area contributed by atoms with Gasteiger partial charge in [-0.25, -0.2) is 0 Å². The van der Waals surface area contributed by atoms with Crippen LogP contribution in [0.1, 0.15) is 252 Å². The van der Waals surface area contributed by atoms with Gasteiger partial charge in [0.1, 0.15) is 13.2 Å². The quantitative estimate of drug-likeness (QED) is 0.0199. The number of hydrogen-bond donors (Lipinski definition) is 0. The van der Waals surface area contributed by atoms with E-state index in [0.29, 0.717) is 19.3 Å². The van der Waals surface area contributed by atoms with Crippen LogP contribution in [0.3, 0.4) is 0 Å². The van der Waals surface area contributed by atoms with Crippen LogP contribution >= 0.6 is 0 Å². The van der Waals surface area contributed by atoms with Gasteiger partial charge in [-0.15, -0.1) is 0 Å². The van der Waals surface area contributed by atoms with E-state index in [2.05, 4.69) is 124 Å². The average molecular weight is 958 g/mol. The molecule has 0 aliphatic rings. The van der Waals surface area contributed by atoms with Gasteiger partial charge in [0, 0.05) is 19.3 Å². The fourth-order valence-electron chi connectivity index (χ4n) is 7.51. The number of carbonyl (C=O) groups is 3. The number of carbonyl (C=O) groups excluding carboxylic acids is 3. The lowest BCUT2D eigenvalue weighted by Gasteiger charge is -2.18. The van der Waals surface area contributed by atoms with E-state index in [4.69, 9.17) is 14.2 Å². The fourth-order valence-corrected chi connectivity index (χ4v) is 7.51. The van der Waals surface area contributed by atoms with E-state index in [1.54, 1.807) is 0 Å². The summed E-state index contributed by atoms with van der Waals surface area (Å²) in [6.07, 6.45) is 76.6. The smallest absolute Gasteiger partial charge is 0.306 e. The van der Waals surface area contributed by atoms with Crippen molar-refractivity contribution in [1.29, 1.82) is 0 Å². The Labute approximate surface area is 425 Å². The fraction of sp³-hybridized carbons (Fsp3) is 0.667. The van der Waals surface area contributed by atoms with E-state index in [1.807, 2.05) is 6.08 Å². The van der Waals surface area contributed by atoms with E-state index in [1.165, 1.54) is 116 Å². The van der Waals surface area contributed by atoms with Gasteiger partial charge >= 0.3 is 17.9 Å². The summed E-state index contributed by atoms with van der Waals surface area (Å²) in [7, 11) is 0. The first-order valence-electron chi connectivity index (χ1n) is 28.4. The summed E-state index contributed by atoms with van der Waals surface area (Å²) in [5, 5.41) is 0. The monoisotopic (exact) mass is 957 g/mol. The maximum absolute atomic E-state index is 12.9. The highest BCUT2D eigenvalue weighted by atomic mass is 16.6. The van der Waals surface area contributed by atoms with Crippen molar-refractivity contribution in [2.75, 3.05) is 13.2 Å². The van der Waals surface area contributed by atoms with Crippen LogP contribution in [-0.4, -0.2) is 37.2 Å². The van der Waals surface area contributed by atoms with Crippen LogP contribution < -0.4 is 0 Å². The Balaban J connectivity index is 4.49. The lowest BCUT2D eigenvalue weighted by Crippen LogP contribution is -2.30. The first-order valence-corrected chi connectivity index (χ1v) is 28.4. The summed E-state index contributed by atoms with van der Waals surface area (Å²) in [5.41, 5.74) is 0. The Kier molecular flexibility index (Phi) is 53.4. The van der Waals surface area contributed by atoms with Gasteiger partial charge in [-0.05, 0) is 109 Å². The lowest BCUT2D eigenvalue weighted by molar-refractivity contribution is -0.166. The van der Waals surface area contributed by atoms with E-state index < -0.39 is 6.10 Å². The Morgan fingerprint density at radius 3 is 1.10 bits per heavy atom. The molecule has 1 unspecified atom stereocenters. The molecule has 0 aromatic carbocycles. The minimum atomic E-state index is -0.818. The first-order chi connectivity index (χ1) is 34.0. The minimum Gasteiger partial charge on any atom is -0.462 e. The number of rotatable bonds is 50. The average Bonchev–Trinajstić information content (AvgIpc) is 3.35. The molecule has 0 saturated heterocycles. The van der Waals surface area contributed by atoms with E-state index in [-0.39, 0.29) is 37.5 Å². The molecule has 0 radical (unpaired) electrons. The van der Waals surface area contributed by atoms with Gasteiger partial charge in [0.15, 0.2) is 6.10 Å². The zero-order valence-corrected chi connectivity index (χ0v) is 44.8. The van der Waals surface area contributed by atoms with E-state index in [9.17, 15) is 14.4 Å². The van der Waals surface area contributed by atoms with Crippen molar-refractivity contribution in [3.8, 4) is 0 Å². The molecule has 0 N–H and O–H groups in total. The Morgan fingerprint density at radius 1 is 0.319 bits per heavy atom. The molecular weight excluding hydrogens is 853 g/mol. The normalized spacial score (nSPS) is 12.9. The number of unbranched alkanes of at least 4 members (excludes halogenated alkanes) is 22. The van der Waals surface area contributed by atoms with Crippen LogP contribution in [0.2, 0.25) is 0 Å².